The second-order valence-corrected chi connectivity index (χ2v) is 5.65. The van der Waals surface area contributed by atoms with E-state index in [2.05, 4.69) is 16.0 Å². The number of likely N-dealkylation sites (tertiary alicyclic amines) is 1. The Morgan fingerprint density at radius 2 is 2.25 bits per heavy atom. The van der Waals surface area contributed by atoms with E-state index in [0.29, 0.717) is 0 Å². The van der Waals surface area contributed by atoms with E-state index in [1.165, 1.54) is 0 Å². The van der Waals surface area contributed by atoms with Crippen molar-refractivity contribution in [3.63, 3.8) is 0 Å². The monoisotopic (exact) mass is 272 g/mol. The molecule has 0 aliphatic carbocycles. The molecule has 0 bridgehead atoms. The second kappa shape index (κ2) is 5.38. The summed E-state index contributed by atoms with van der Waals surface area (Å²) in [7, 11) is 0. The number of aliphatic hydroxyl groups is 1. The Hall–Kier alpha value is -1.65. The van der Waals surface area contributed by atoms with Gasteiger partial charge in [-0.25, -0.2) is 0 Å². The highest BCUT2D eigenvalue weighted by Crippen LogP contribution is 2.16. The molecule has 1 unspecified atom stereocenters. The van der Waals surface area contributed by atoms with E-state index in [1.54, 1.807) is 0 Å². The lowest BCUT2D eigenvalue weighted by molar-refractivity contribution is 0.176. The van der Waals surface area contributed by atoms with Crippen LogP contribution in [0.15, 0.2) is 29.1 Å². The van der Waals surface area contributed by atoms with Gasteiger partial charge in [0, 0.05) is 37.1 Å². The zero-order chi connectivity index (χ0) is 14.1. The number of rotatable bonds is 3. The quantitative estimate of drug-likeness (QED) is 0.889. The number of β-amino-alcohol motifs (C(OH)–C–C–N with tert-alkyl or cyclic N) is 1. The number of hydrogen-bond acceptors (Lipinski definition) is 3. The number of aryl methyl sites for hydroxylation is 1. The molecule has 106 valence electrons. The Morgan fingerprint density at radius 3 is 3.00 bits per heavy atom. The normalized spacial score (nSPS) is 19.8. The van der Waals surface area contributed by atoms with Crippen molar-refractivity contribution in [1.29, 1.82) is 0 Å². The minimum Gasteiger partial charge on any atom is -0.392 e. The van der Waals surface area contributed by atoms with Crippen LogP contribution in [0.1, 0.15) is 17.7 Å². The number of benzene rings is 1. The van der Waals surface area contributed by atoms with Gasteiger partial charge in [0.15, 0.2) is 0 Å². The van der Waals surface area contributed by atoms with Gasteiger partial charge in [-0.05, 0) is 36.4 Å². The molecule has 3 rings (SSSR count). The minimum absolute atomic E-state index is 0.0114. The molecule has 0 spiro atoms. The molecule has 0 saturated carbocycles. The summed E-state index contributed by atoms with van der Waals surface area (Å²) in [6, 6.07) is 7.89. The molecule has 2 aromatic rings. The van der Waals surface area contributed by atoms with Crippen LogP contribution in [0.5, 0.6) is 0 Å². The average molecular weight is 272 g/mol. The smallest absolute Gasteiger partial charge is 0.256 e. The van der Waals surface area contributed by atoms with Gasteiger partial charge in [-0.2, -0.15) is 0 Å². The van der Waals surface area contributed by atoms with Gasteiger partial charge >= 0.3 is 0 Å². The van der Waals surface area contributed by atoms with Crippen molar-refractivity contribution >= 4 is 10.8 Å². The maximum Gasteiger partial charge on any atom is 0.256 e. The molecule has 4 nitrogen and oxygen atoms in total. The van der Waals surface area contributed by atoms with Crippen LogP contribution in [0.2, 0.25) is 0 Å². The van der Waals surface area contributed by atoms with E-state index >= 15 is 0 Å². The lowest BCUT2D eigenvalue weighted by Gasteiger charge is -2.14. The molecular formula is C16H20N2O2. The van der Waals surface area contributed by atoms with Crippen molar-refractivity contribution in [3.8, 4) is 0 Å². The van der Waals surface area contributed by atoms with Crippen molar-refractivity contribution in [2.24, 2.45) is 0 Å². The number of aliphatic hydroxyl groups excluding tert-OH is 1. The number of hydrogen-bond donors (Lipinski definition) is 2. The third-order valence-corrected chi connectivity index (χ3v) is 4.11. The van der Waals surface area contributed by atoms with Crippen molar-refractivity contribution in [2.45, 2.75) is 25.9 Å². The fourth-order valence-corrected chi connectivity index (χ4v) is 2.92. The van der Waals surface area contributed by atoms with Crippen molar-refractivity contribution in [2.75, 3.05) is 19.6 Å². The summed E-state index contributed by atoms with van der Waals surface area (Å²) in [5.74, 6) is 0. The Labute approximate surface area is 118 Å². The van der Waals surface area contributed by atoms with E-state index in [0.717, 1.165) is 54.5 Å². The predicted molar refractivity (Wildman–Crippen MR) is 80.1 cm³/mol. The van der Waals surface area contributed by atoms with Crippen LogP contribution in [0.25, 0.3) is 10.8 Å². The van der Waals surface area contributed by atoms with Gasteiger partial charge < -0.3 is 15.0 Å². The van der Waals surface area contributed by atoms with Gasteiger partial charge in [0.05, 0.1) is 6.10 Å². The molecule has 1 saturated heterocycles. The Morgan fingerprint density at radius 1 is 1.40 bits per heavy atom. The first-order valence-electron chi connectivity index (χ1n) is 7.15. The molecule has 1 fully saturated rings. The first-order valence-corrected chi connectivity index (χ1v) is 7.15. The molecule has 0 amide bonds. The molecule has 1 aliphatic heterocycles. The largest absolute Gasteiger partial charge is 0.392 e. The second-order valence-electron chi connectivity index (χ2n) is 5.65. The van der Waals surface area contributed by atoms with E-state index in [9.17, 15) is 9.90 Å². The van der Waals surface area contributed by atoms with Crippen LogP contribution in [0.4, 0.5) is 0 Å². The summed E-state index contributed by atoms with van der Waals surface area (Å²) in [6.45, 7) is 4.60. The summed E-state index contributed by atoms with van der Waals surface area (Å²) in [4.78, 5) is 17.3. The molecular weight excluding hydrogens is 252 g/mol. The first kappa shape index (κ1) is 13.3. The fourth-order valence-electron chi connectivity index (χ4n) is 2.92. The molecule has 1 aromatic heterocycles. The van der Waals surface area contributed by atoms with Crippen LogP contribution >= 0.6 is 0 Å². The molecule has 1 aliphatic rings. The van der Waals surface area contributed by atoms with E-state index in [1.807, 2.05) is 25.1 Å². The number of nitrogens with zero attached hydrogens (tertiary/aromatic N) is 1. The molecule has 1 aromatic carbocycles. The fraction of sp³-hybridized carbons (Fsp3) is 0.438. The van der Waals surface area contributed by atoms with Gasteiger partial charge in [-0.1, -0.05) is 12.1 Å². The maximum absolute atomic E-state index is 12.1. The third kappa shape index (κ3) is 2.62. The average Bonchev–Trinajstić information content (AvgIpc) is 2.84. The number of pyridine rings is 1. The first-order chi connectivity index (χ1) is 9.63. The van der Waals surface area contributed by atoms with Crippen LogP contribution in [-0.4, -0.2) is 40.7 Å². The molecule has 0 radical (unpaired) electrons. The van der Waals surface area contributed by atoms with Crippen molar-refractivity contribution in [1.82, 2.24) is 9.88 Å². The van der Waals surface area contributed by atoms with E-state index in [-0.39, 0.29) is 11.7 Å². The van der Waals surface area contributed by atoms with Crippen LogP contribution < -0.4 is 5.56 Å². The van der Waals surface area contributed by atoms with Gasteiger partial charge in [-0.3, -0.25) is 4.79 Å². The summed E-state index contributed by atoms with van der Waals surface area (Å²) in [6.07, 6.45) is 1.48. The number of H-pyrrole nitrogens is 1. The van der Waals surface area contributed by atoms with Gasteiger partial charge in [0.1, 0.15) is 0 Å². The van der Waals surface area contributed by atoms with Crippen molar-refractivity contribution in [3.05, 3.63) is 45.9 Å². The Kier molecular flexibility index (Phi) is 3.59. The maximum atomic E-state index is 12.1. The Bertz CT molecular complexity index is 678. The molecule has 4 heteroatoms. The van der Waals surface area contributed by atoms with E-state index in [4.69, 9.17) is 0 Å². The highest BCUT2D eigenvalue weighted by Gasteiger charge is 2.19. The zero-order valence-corrected chi connectivity index (χ0v) is 11.7. The number of aromatic nitrogens is 1. The van der Waals surface area contributed by atoms with Crippen LogP contribution in [0, 0.1) is 6.92 Å². The van der Waals surface area contributed by atoms with Crippen LogP contribution in [0.3, 0.4) is 0 Å². The number of fused-ring (bicyclic) bond motifs is 1. The Balaban J connectivity index is 1.82. The summed E-state index contributed by atoms with van der Waals surface area (Å²) in [5.41, 5.74) is 2.09. The summed E-state index contributed by atoms with van der Waals surface area (Å²) in [5, 5.41) is 11.3. The van der Waals surface area contributed by atoms with Gasteiger partial charge in [-0.15, -0.1) is 0 Å². The van der Waals surface area contributed by atoms with Gasteiger partial charge in [0.2, 0.25) is 0 Å². The van der Waals surface area contributed by atoms with E-state index < -0.39 is 0 Å². The van der Waals surface area contributed by atoms with Crippen LogP contribution in [-0.2, 0) is 6.42 Å². The topological polar surface area (TPSA) is 56.3 Å². The molecule has 2 N–H and O–H groups in total. The lowest BCUT2D eigenvalue weighted by Crippen LogP contribution is -2.25. The molecule has 2 heterocycles. The van der Waals surface area contributed by atoms with Crippen molar-refractivity contribution < 1.29 is 5.11 Å². The predicted octanol–water partition coefficient (Wildman–Crippen LogP) is 1.45. The number of nitrogens with one attached hydrogen (secondary N) is 1. The molecule has 1 atom stereocenters. The lowest BCUT2D eigenvalue weighted by atomic mass is 10.1. The molecule has 20 heavy (non-hydrogen) atoms. The van der Waals surface area contributed by atoms with Gasteiger partial charge in [0.25, 0.3) is 5.56 Å². The SMILES string of the molecule is Cc1cccc2c(=O)[nH]c(CCN3CCC(O)C3)cc12. The third-order valence-electron chi connectivity index (χ3n) is 4.11. The number of aromatic amines is 1. The zero-order valence-electron chi connectivity index (χ0n) is 11.7. The highest BCUT2D eigenvalue weighted by molar-refractivity contribution is 5.84. The highest BCUT2D eigenvalue weighted by atomic mass is 16.3. The summed E-state index contributed by atoms with van der Waals surface area (Å²) >= 11 is 0. The minimum atomic E-state index is -0.187. The summed E-state index contributed by atoms with van der Waals surface area (Å²) < 4.78 is 0. The standard InChI is InChI=1S/C16H20N2O2/c1-11-3-2-4-14-15(11)9-12(17-16(14)20)5-7-18-8-6-13(19)10-18/h2-4,9,13,19H,5-8,10H2,1H3,(H,17,20).